The molecule has 0 aliphatic carbocycles. The van der Waals surface area contributed by atoms with Crippen LogP contribution in [-0.2, 0) is 4.74 Å². The lowest BCUT2D eigenvalue weighted by molar-refractivity contribution is 0.0411. The zero-order valence-corrected chi connectivity index (χ0v) is 11.4. The van der Waals surface area contributed by atoms with Crippen molar-refractivity contribution in [3.63, 3.8) is 0 Å². The second kappa shape index (κ2) is 5.96. The first-order valence-electron chi connectivity index (χ1n) is 6.63. The average molecular weight is 247 g/mol. The van der Waals surface area contributed by atoms with Gasteiger partial charge in [0.05, 0.1) is 17.6 Å². The third-order valence-electron chi connectivity index (χ3n) is 3.20. The molecule has 0 amide bonds. The minimum Gasteiger partial charge on any atom is -0.359 e. The maximum absolute atomic E-state index is 5.66. The molecule has 0 aromatic carbocycles. The van der Waals surface area contributed by atoms with Crippen LogP contribution in [0.4, 0.5) is 0 Å². The zero-order chi connectivity index (χ0) is 13.0. The summed E-state index contributed by atoms with van der Waals surface area (Å²) in [5, 5.41) is 3.45. The Morgan fingerprint density at radius 2 is 2.17 bits per heavy atom. The number of rotatable bonds is 4. The first-order valence-corrected chi connectivity index (χ1v) is 6.63. The molecule has 4 heteroatoms. The summed E-state index contributed by atoms with van der Waals surface area (Å²) in [4.78, 5) is 8.77. The standard InChI is InChI=1S/C14H21N3O/c1-4-11-6-7-13(18-5-2)17-14(11)12-9-15-10(3)8-16-12/h8-9,13,17H,4-7H2,1-3H3. The van der Waals surface area contributed by atoms with E-state index < -0.39 is 0 Å². The van der Waals surface area contributed by atoms with E-state index in [0.717, 1.165) is 43.0 Å². The summed E-state index contributed by atoms with van der Waals surface area (Å²) < 4.78 is 5.66. The van der Waals surface area contributed by atoms with E-state index in [-0.39, 0.29) is 6.23 Å². The van der Waals surface area contributed by atoms with Crippen LogP contribution in [-0.4, -0.2) is 22.8 Å². The van der Waals surface area contributed by atoms with Crippen LogP contribution in [0.1, 0.15) is 44.5 Å². The molecule has 2 rings (SSSR count). The van der Waals surface area contributed by atoms with Gasteiger partial charge >= 0.3 is 0 Å². The molecular formula is C14H21N3O. The molecule has 1 N–H and O–H groups in total. The van der Waals surface area contributed by atoms with Gasteiger partial charge in [0.2, 0.25) is 0 Å². The van der Waals surface area contributed by atoms with Crippen molar-refractivity contribution in [2.75, 3.05) is 6.61 Å². The summed E-state index contributed by atoms with van der Waals surface area (Å²) in [5.74, 6) is 0. The summed E-state index contributed by atoms with van der Waals surface area (Å²) in [6.45, 7) is 6.88. The molecule has 0 bridgehead atoms. The Kier molecular flexibility index (Phi) is 4.31. The Balaban J connectivity index is 2.25. The first kappa shape index (κ1) is 13.0. The molecule has 1 aliphatic heterocycles. The van der Waals surface area contributed by atoms with E-state index in [2.05, 4.69) is 22.2 Å². The van der Waals surface area contributed by atoms with Crippen LogP contribution in [0.5, 0.6) is 0 Å². The quantitative estimate of drug-likeness (QED) is 0.888. The lowest BCUT2D eigenvalue weighted by Crippen LogP contribution is -2.35. The lowest BCUT2D eigenvalue weighted by Gasteiger charge is -2.28. The van der Waals surface area contributed by atoms with Gasteiger partial charge in [-0.25, -0.2) is 0 Å². The number of aryl methyl sites for hydroxylation is 1. The van der Waals surface area contributed by atoms with Crippen molar-refractivity contribution < 1.29 is 4.74 Å². The van der Waals surface area contributed by atoms with E-state index in [1.807, 2.05) is 26.2 Å². The highest BCUT2D eigenvalue weighted by molar-refractivity contribution is 5.64. The topological polar surface area (TPSA) is 47.0 Å². The summed E-state index contributed by atoms with van der Waals surface area (Å²) in [7, 11) is 0. The van der Waals surface area contributed by atoms with Gasteiger partial charge in [-0.3, -0.25) is 9.97 Å². The zero-order valence-electron chi connectivity index (χ0n) is 11.4. The molecule has 0 radical (unpaired) electrons. The fraction of sp³-hybridized carbons (Fsp3) is 0.571. The smallest absolute Gasteiger partial charge is 0.128 e. The predicted molar refractivity (Wildman–Crippen MR) is 71.8 cm³/mol. The van der Waals surface area contributed by atoms with Gasteiger partial charge in [-0.15, -0.1) is 0 Å². The van der Waals surface area contributed by atoms with Crippen LogP contribution < -0.4 is 5.32 Å². The van der Waals surface area contributed by atoms with Gasteiger partial charge in [-0.05, 0) is 38.7 Å². The number of hydrogen-bond acceptors (Lipinski definition) is 4. The van der Waals surface area contributed by atoms with E-state index in [9.17, 15) is 0 Å². The van der Waals surface area contributed by atoms with Crippen molar-refractivity contribution in [2.24, 2.45) is 0 Å². The Morgan fingerprint density at radius 1 is 1.33 bits per heavy atom. The average Bonchev–Trinajstić information content (AvgIpc) is 2.40. The number of nitrogens with zero attached hydrogens (tertiary/aromatic N) is 2. The Labute approximate surface area is 108 Å². The number of allylic oxidation sites excluding steroid dienone is 1. The van der Waals surface area contributed by atoms with E-state index in [1.54, 1.807) is 0 Å². The van der Waals surface area contributed by atoms with Crippen LogP contribution in [0, 0.1) is 6.92 Å². The van der Waals surface area contributed by atoms with Crippen molar-refractivity contribution >= 4 is 5.70 Å². The molecule has 1 atom stereocenters. The third-order valence-corrected chi connectivity index (χ3v) is 3.20. The van der Waals surface area contributed by atoms with E-state index >= 15 is 0 Å². The van der Waals surface area contributed by atoms with Gasteiger partial charge in [0.1, 0.15) is 11.9 Å². The highest BCUT2D eigenvalue weighted by Gasteiger charge is 2.21. The maximum atomic E-state index is 5.66. The molecule has 0 saturated heterocycles. The molecule has 1 aliphatic rings. The number of aromatic nitrogens is 2. The normalized spacial score (nSPS) is 19.8. The van der Waals surface area contributed by atoms with Crippen molar-refractivity contribution in [3.05, 3.63) is 29.4 Å². The van der Waals surface area contributed by atoms with E-state index in [0.29, 0.717) is 0 Å². The SMILES string of the molecule is CCOC1CCC(CC)=C(c2cnc(C)cn2)N1. The van der Waals surface area contributed by atoms with Crippen molar-refractivity contribution in [2.45, 2.75) is 46.3 Å². The van der Waals surface area contributed by atoms with Crippen LogP contribution in [0.3, 0.4) is 0 Å². The molecule has 1 unspecified atom stereocenters. The largest absolute Gasteiger partial charge is 0.359 e. The molecule has 1 aromatic heterocycles. The summed E-state index contributed by atoms with van der Waals surface area (Å²) in [5.41, 5.74) is 4.37. The van der Waals surface area contributed by atoms with Gasteiger partial charge in [-0.2, -0.15) is 0 Å². The molecule has 4 nitrogen and oxygen atoms in total. The molecule has 0 fully saturated rings. The van der Waals surface area contributed by atoms with Gasteiger partial charge in [0.15, 0.2) is 0 Å². The second-order valence-corrected chi connectivity index (χ2v) is 4.50. The van der Waals surface area contributed by atoms with Crippen LogP contribution in [0.2, 0.25) is 0 Å². The van der Waals surface area contributed by atoms with Gasteiger partial charge < -0.3 is 10.1 Å². The number of hydrogen-bond donors (Lipinski definition) is 1. The highest BCUT2D eigenvalue weighted by atomic mass is 16.5. The van der Waals surface area contributed by atoms with Crippen molar-refractivity contribution in [1.82, 2.24) is 15.3 Å². The summed E-state index contributed by atoms with van der Waals surface area (Å²) in [6, 6.07) is 0. The molecule has 98 valence electrons. The van der Waals surface area contributed by atoms with Crippen molar-refractivity contribution in [3.8, 4) is 0 Å². The summed E-state index contributed by atoms with van der Waals surface area (Å²) >= 11 is 0. The fourth-order valence-corrected chi connectivity index (χ4v) is 2.22. The molecule has 0 saturated carbocycles. The van der Waals surface area contributed by atoms with Gasteiger partial charge in [0, 0.05) is 12.8 Å². The lowest BCUT2D eigenvalue weighted by atomic mass is 9.99. The first-order chi connectivity index (χ1) is 8.74. The van der Waals surface area contributed by atoms with E-state index in [1.165, 1.54) is 5.57 Å². The Bertz CT molecular complexity index is 425. The minimum absolute atomic E-state index is 0.100. The molecule has 1 aromatic rings. The fourth-order valence-electron chi connectivity index (χ4n) is 2.22. The van der Waals surface area contributed by atoms with Crippen LogP contribution in [0.25, 0.3) is 5.70 Å². The Morgan fingerprint density at radius 3 is 2.78 bits per heavy atom. The van der Waals surface area contributed by atoms with Crippen LogP contribution >= 0.6 is 0 Å². The number of nitrogens with one attached hydrogen (secondary N) is 1. The molecular weight excluding hydrogens is 226 g/mol. The Hall–Kier alpha value is -1.42. The second-order valence-electron chi connectivity index (χ2n) is 4.50. The molecule has 0 spiro atoms. The van der Waals surface area contributed by atoms with Crippen LogP contribution in [0.15, 0.2) is 18.0 Å². The molecule has 2 heterocycles. The summed E-state index contributed by atoms with van der Waals surface area (Å²) in [6.07, 6.45) is 6.88. The molecule has 18 heavy (non-hydrogen) atoms. The predicted octanol–water partition coefficient (Wildman–Crippen LogP) is 2.65. The monoisotopic (exact) mass is 247 g/mol. The van der Waals surface area contributed by atoms with E-state index in [4.69, 9.17) is 4.74 Å². The maximum Gasteiger partial charge on any atom is 0.128 e. The van der Waals surface area contributed by atoms with Crippen molar-refractivity contribution in [1.29, 1.82) is 0 Å². The number of ether oxygens (including phenoxy) is 1. The third kappa shape index (κ3) is 2.88. The van der Waals surface area contributed by atoms with Gasteiger partial charge in [0.25, 0.3) is 0 Å². The van der Waals surface area contributed by atoms with Gasteiger partial charge in [-0.1, -0.05) is 6.92 Å². The highest BCUT2D eigenvalue weighted by Crippen LogP contribution is 2.26. The minimum atomic E-state index is 0.100.